The van der Waals surface area contributed by atoms with E-state index in [1.54, 1.807) is 0 Å². The third kappa shape index (κ3) is 5.51. The molecule has 1 aliphatic heterocycles. The molecule has 1 N–H and O–H groups in total. The van der Waals surface area contributed by atoms with Crippen molar-refractivity contribution in [3.63, 3.8) is 0 Å². The number of hydrogen-bond acceptors (Lipinski definition) is 4. The first-order chi connectivity index (χ1) is 15.7. The summed E-state index contributed by atoms with van der Waals surface area (Å²) >= 11 is 6.27. The molecule has 1 fully saturated rings. The van der Waals surface area contributed by atoms with Gasteiger partial charge in [0.25, 0.3) is 0 Å². The van der Waals surface area contributed by atoms with Gasteiger partial charge in [-0.05, 0) is 62.3 Å². The molecule has 0 radical (unpaired) electrons. The lowest BCUT2D eigenvalue weighted by Crippen LogP contribution is -2.28. The Morgan fingerprint density at radius 2 is 1.97 bits per heavy atom. The number of nitrogens with one attached hydrogen (secondary N) is 1. The Hall–Kier alpha value is -2.55. The molecule has 0 atom stereocenters. The van der Waals surface area contributed by atoms with Gasteiger partial charge in [0, 0.05) is 31.4 Å². The second-order valence-electron chi connectivity index (χ2n) is 8.33. The van der Waals surface area contributed by atoms with E-state index in [4.69, 9.17) is 16.3 Å². The van der Waals surface area contributed by atoms with Gasteiger partial charge in [0.2, 0.25) is 0 Å². The third-order valence-corrected chi connectivity index (χ3v) is 5.80. The summed E-state index contributed by atoms with van der Waals surface area (Å²) in [5.74, 6) is 0.683. The fourth-order valence-electron chi connectivity index (χ4n) is 3.88. The molecule has 176 valence electrons. The van der Waals surface area contributed by atoms with E-state index in [1.165, 1.54) is 4.40 Å². The lowest BCUT2D eigenvalue weighted by molar-refractivity contribution is -0.137. The van der Waals surface area contributed by atoms with Crippen LogP contribution in [0.4, 0.5) is 13.2 Å². The van der Waals surface area contributed by atoms with E-state index in [0.717, 1.165) is 56.0 Å². The number of pyridine rings is 1. The minimum atomic E-state index is -4.51. The lowest BCUT2D eigenvalue weighted by atomic mass is 10.1. The summed E-state index contributed by atoms with van der Waals surface area (Å²) in [6.07, 6.45) is -2.45. The van der Waals surface area contributed by atoms with Crippen LogP contribution in [-0.4, -0.2) is 47.1 Å². The van der Waals surface area contributed by atoms with Crippen molar-refractivity contribution in [1.82, 2.24) is 19.6 Å². The number of hydrogen-bond donors (Lipinski definition) is 1. The molecular weight excluding hydrogens is 453 g/mol. The number of nitrogens with zero attached hydrogens (tertiary/aromatic N) is 3. The standard InChI is InChI=1S/C24H26ClF3N4O/c1-16(2)15-33-19-6-4-17(5-7-19)22-21(14-31-10-3-8-29-9-11-31)32-13-18(24(26,27)28)12-20(25)23(32)30-22/h4-7,12-13,29H,1,3,8-11,14-15H2,2H3. The minimum absolute atomic E-state index is 0.0312. The number of ether oxygens (including phenoxy) is 1. The van der Waals surface area contributed by atoms with Crippen LogP contribution in [0.25, 0.3) is 16.9 Å². The number of alkyl halides is 3. The van der Waals surface area contributed by atoms with Crippen molar-refractivity contribution in [2.45, 2.75) is 26.1 Å². The Morgan fingerprint density at radius 1 is 1.21 bits per heavy atom. The molecule has 1 aliphatic rings. The summed E-state index contributed by atoms with van der Waals surface area (Å²) in [4.78, 5) is 6.89. The quantitative estimate of drug-likeness (QED) is 0.480. The molecule has 0 unspecified atom stereocenters. The van der Waals surface area contributed by atoms with Crippen LogP contribution in [0.15, 0.2) is 48.7 Å². The van der Waals surface area contributed by atoms with Gasteiger partial charge in [-0.25, -0.2) is 4.98 Å². The summed E-state index contributed by atoms with van der Waals surface area (Å²) in [6.45, 7) is 9.98. The van der Waals surface area contributed by atoms with Crippen molar-refractivity contribution >= 4 is 17.2 Å². The average Bonchev–Trinajstić information content (AvgIpc) is 2.93. The molecule has 0 bridgehead atoms. The lowest BCUT2D eigenvalue weighted by Gasteiger charge is -2.20. The molecule has 0 amide bonds. The van der Waals surface area contributed by atoms with Gasteiger partial charge in [0.1, 0.15) is 12.4 Å². The van der Waals surface area contributed by atoms with Crippen LogP contribution < -0.4 is 10.1 Å². The third-order valence-electron chi connectivity index (χ3n) is 5.52. The van der Waals surface area contributed by atoms with Crippen LogP contribution in [0.3, 0.4) is 0 Å². The van der Waals surface area contributed by atoms with E-state index in [-0.39, 0.29) is 5.02 Å². The first kappa shape index (κ1) is 23.6. The highest BCUT2D eigenvalue weighted by atomic mass is 35.5. The number of imidazole rings is 1. The number of rotatable bonds is 6. The fourth-order valence-corrected chi connectivity index (χ4v) is 4.13. The Bertz CT molecular complexity index is 1130. The molecule has 2 aromatic heterocycles. The monoisotopic (exact) mass is 478 g/mol. The van der Waals surface area contributed by atoms with Crippen molar-refractivity contribution in [3.8, 4) is 17.0 Å². The van der Waals surface area contributed by atoms with E-state index in [9.17, 15) is 13.2 Å². The molecule has 0 aliphatic carbocycles. The van der Waals surface area contributed by atoms with E-state index >= 15 is 0 Å². The zero-order chi connectivity index (χ0) is 23.6. The number of halogens is 4. The zero-order valence-corrected chi connectivity index (χ0v) is 19.1. The summed E-state index contributed by atoms with van der Waals surface area (Å²) < 4.78 is 47.7. The maximum absolute atomic E-state index is 13.5. The first-order valence-corrected chi connectivity index (χ1v) is 11.2. The van der Waals surface area contributed by atoms with Crippen LogP contribution in [0, 0.1) is 0 Å². The fraction of sp³-hybridized carbons (Fsp3) is 0.375. The summed E-state index contributed by atoms with van der Waals surface area (Å²) in [7, 11) is 0. The van der Waals surface area contributed by atoms with Gasteiger partial charge in [-0.3, -0.25) is 4.90 Å². The van der Waals surface area contributed by atoms with Crippen molar-refractivity contribution in [2.75, 3.05) is 32.8 Å². The first-order valence-electron chi connectivity index (χ1n) is 10.8. The molecule has 5 nitrogen and oxygen atoms in total. The number of benzene rings is 1. The summed E-state index contributed by atoms with van der Waals surface area (Å²) in [5.41, 5.74) is 2.49. The van der Waals surface area contributed by atoms with Gasteiger partial charge in [-0.15, -0.1) is 0 Å². The van der Waals surface area contributed by atoms with Crippen LogP contribution >= 0.6 is 11.6 Å². The molecule has 3 aromatic rings. The summed E-state index contributed by atoms with van der Waals surface area (Å²) in [5, 5.41) is 3.32. The maximum atomic E-state index is 13.5. The molecule has 9 heteroatoms. The molecule has 0 saturated carbocycles. The van der Waals surface area contributed by atoms with Gasteiger partial charge < -0.3 is 14.5 Å². The van der Waals surface area contributed by atoms with Crippen LogP contribution in [-0.2, 0) is 12.7 Å². The smallest absolute Gasteiger partial charge is 0.417 e. The van der Waals surface area contributed by atoms with Gasteiger partial charge in [-0.2, -0.15) is 13.2 Å². The van der Waals surface area contributed by atoms with E-state index in [1.807, 2.05) is 31.2 Å². The van der Waals surface area contributed by atoms with E-state index in [0.29, 0.717) is 35.9 Å². The highest BCUT2D eigenvalue weighted by Crippen LogP contribution is 2.35. The maximum Gasteiger partial charge on any atom is 0.417 e. The van der Waals surface area contributed by atoms with Gasteiger partial charge >= 0.3 is 6.18 Å². The predicted octanol–water partition coefficient (Wildman–Crippen LogP) is 5.42. The Kier molecular flexibility index (Phi) is 6.97. The van der Waals surface area contributed by atoms with Crippen molar-refractivity contribution in [3.05, 3.63) is 65.0 Å². The van der Waals surface area contributed by atoms with Crippen molar-refractivity contribution in [2.24, 2.45) is 0 Å². The Balaban J connectivity index is 1.78. The van der Waals surface area contributed by atoms with Gasteiger partial charge in [-0.1, -0.05) is 18.2 Å². The second-order valence-corrected chi connectivity index (χ2v) is 8.73. The SMILES string of the molecule is C=C(C)COc1ccc(-c2nc3c(Cl)cc(C(F)(F)F)cn3c2CN2CCCNCC2)cc1. The van der Waals surface area contributed by atoms with Crippen LogP contribution in [0.5, 0.6) is 5.75 Å². The normalized spacial score (nSPS) is 15.5. The van der Waals surface area contributed by atoms with Crippen LogP contribution in [0.2, 0.25) is 5.02 Å². The average molecular weight is 479 g/mol. The molecule has 33 heavy (non-hydrogen) atoms. The number of aromatic nitrogens is 2. The topological polar surface area (TPSA) is 41.8 Å². The van der Waals surface area contributed by atoms with Crippen LogP contribution in [0.1, 0.15) is 24.6 Å². The zero-order valence-electron chi connectivity index (χ0n) is 18.4. The molecule has 1 saturated heterocycles. The largest absolute Gasteiger partial charge is 0.489 e. The highest BCUT2D eigenvalue weighted by Gasteiger charge is 2.32. The molecule has 1 aromatic carbocycles. The Labute approximate surface area is 195 Å². The highest BCUT2D eigenvalue weighted by molar-refractivity contribution is 6.33. The predicted molar refractivity (Wildman–Crippen MR) is 124 cm³/mol. The molecule has 3 heterocycles. The van der Waals surface area contributed by atoms with E-state index in [2.05, 4.69) is 21.8 Å². The second kappa shape index (κ2) is 9.75. The van der Waals surface area contributed by atoms with E-state index < -0.39 is 11.7 Å². The minimum Gasteiger partial charge on any atom is -0.489 e. The van der Waals surface area contributed by atoms with Gasteiger partial charge in [0.15, 0.2) is 5.65 Å². The molecular formula is C24H26ClF3N4O. The molecule has 4 rings (SSSR count). The van der Waals surface area contributed by atoms with Gasteiger partial charge in [0.05, 0.1) is 22.0 Å². The number of fused-ring (bicyclic) bond motifs is 1. The Morgan fingerprint density at radius 3 is 2.67 bits per heavy atom. The molecule has 0 spiro atoms. The summed E-state index contributed by atoms with van der Waals surface area (Å²) in [6, 6.07) is 8.31. The van der Waals surface area contributed by atoms with Crippen molar-refractivity contribution < 1.29 is 17.9 Å². The van der Waals surface area contributed by atoms with Crippen molar-refractivity contribution in [1.29, 1.82) is 0 Å².